The number of hydrogen-bond donors (Lipinski definition) is 2. The summed E-state index contributed by atoms with van der Waals surface area (Å²) in [5.41, 5.74) is 0.985. The third-order valence-electron chi connectivity index (χ3n) is 3.68. The Morgan fingerprint density at radius 2 is 2.33 bits per heavy atom. The number of H-pyrrole nitrogens is 1. The van der Waals surface area contributed by atoms with Crippen LogP contribution in [0.2, 0.25) is 0 Å². The summed E-state index contributed by atoms with van der Waals surface area (Å²) in [6.45, 7) is 5.59. The van der Waals surface area contributed by atoms with Crippen LogP contribution in [0.15, 0.2) is 12.4 Å². The van der Waals surface area contributed by atoms with E-state index in [-0.39, 0.29) is 6.10 Å². The quantitative estimate of drug-likeness (QED) is 0.869. The van der Waals surface area contributed by atoms with Crippen LogP contribution in [0.3, 0.4) is 0 Å². The molecule has 0 amide bonds. The number of aromatic nitrogens is 5. The van der Waals surface area contributed by atoms with Crippen LogP contribution in [-0.4, -0.2) is 38.3 Å². The molecule has 2 N–H and O–H groups in total. The average Bonchev–Trinajstić information content (AvgIpc) is 3.15. The van der Waals surface area contributed by atoms with Crippen LogP contribution in [-0.2, 0) is 11.2 Å². The van der Waals surface area contributed by atoms with Crippen LogP contribution >= 0.6 is 0 Å². The number of ether oxygens (including phenoxy) is 1. The molecule has 1 aliphatic heterocycles. The van der Waals surface area contributed by atoms with Gasteiger partial charge in [0.1, 0.15) is 24.1 Å². The number of nitrogens with zero attached hydrogens (tertiary/aromatic N) is 4. The Kier molecular flexibility index (Phi) is 4.10. The molecule has 7 heteroatoms. The predicted octanol–water partition coefficient (Wildman–Crippen LogP) is 1.66. The van der Waals surface area contributed by atoms with Crippen molar-refractivity contribution in [3.63, 3.8) is 0 Å². The summed E-state index contributed by atoms with van der Waals surface area (Å²) in [4.78, 5) is 13.1. The Labute approximate surface area is 123 Å². The van der Waals surface area contributed by atoms with Gasteiger partial charge in [-0.2, -0.15) is 5.10 Å². The van der Waals surface area contributed by atoms with Crippen molar-refractivity contribution >= 4 is 5.82 Å². The lowest BCUT2D eigenvalue weighted by molar-refractivity contribution is 0.0864. The third-order valence-corrected chi connectivity index (χ3v) is 3.68. The largest absolute Gasteiger partial charge is 0.370 e. The Hall–Kier alpha value is -2.02. The smallest absolute Gasteiger partial charge is 0.153 e. The minimum absolute atomic E-state index is 0.0198. The van der Waals surface area contributed by atoms with Crippen LogP contribution in [0.4, 0.5) is 5.82 Å². The molecule has 1 aliphatic rings. The van der Waals surface area contributed by atoms with Crippen molar-refractivity contribution in [2.75, 3.05) is 18.5 Å². The second kappa shape index (κ2) is 6.17. The molecule has 0 aromatic carbocycles. The van der Waals surface area contributed by atoms with Gasteiger partial charge in [0.05, 0.1) is 0 Å². The summed E-state index contributed by atoms with van der Waals surface area (Å²) in [6.07, 6.45) is 3.34. The van der Waals surface area contributed by atoms with E-state index in [1.165, 1.54) is 6.33 Å². The summed E-state index contributed by atoms with van der Waals surface area (Å²) >= 11 is 0. The summed E-state index contributed by atoms with van der Waals surface area (Å²) in [6, 6.07) is 1.97. The molecule has 1 fully saturated rings. The van der Waals surface area contributed by atoms with Crippen LogP contribution in [0, 0.1) is 12.8 Å². The fourth-order valence-corrected chi connectivity index (χ4v) is 2.61. The molecule has 0 bridgehead atoms. The second-order valence-electron chi connectivity index (χ2n) is 5.26. The van der Waals surface area contributed by atoms with E-state index >= 15 is 0 Å². The summed E-state index contributed by atoms with van der Waals surface area (Å²) in [7, 11) is 0. The summed E-state index contributed by atoms with van der Waals surface area (Å²) in [5.74, 6) is 2.90. The standard InChI is InChI=1S/C14H20N6O/c1-3-11-18-9(2)6-12(19-11)15-7-10-4-5-21-13(10)14-16-8-17-20-14/h6,8,10,13H,3-5,7H2,1-2H3,(H,15,18,19)(H,16,17,20)/t10-,13-/m0/s1. The Balaban J connectivity index is 1.65. The van der Waals surface area contributed by atoms with E-state index in [0.29, 0.717) is 5.92 Å². The minimum Gasteiger partial charge on any atom is -0.370 e. The Morgan fingerprint density at radius 1 is 1.43 bits per heavy atom. The first kappa shape index (κ1) is 13.9. The number of rotatable bonds is 5. The van der Waals surface area contributed by atoms with Gasteiger partial charge < -0.3 is 10.1 Å². The van der Waals surface area contributed by atoms with Gasteiger partial charge in [-0.15, -0.1) is 0 Å². The van der Waals surface area contributed by atoms with Gasteiger partial charge in [-0.05, 0) is 13.3 Å². The van der Waals surface area contributed by atoms with E-state index in [1.807, 2.05) is 13.0 Å². The molecule has 0 spiro atoms. The van der Waals surface area contributed by atoms with Crippen molar-refractivity contribution in [3.8, 4) is 0 Å². The Bertz CT molecular complexity index is 585. The van der Waals surface area contributed by atoms with Crippen molar-refractivity contribution in [2.45, 2.75) is 32.8 Å². The molecular formula is C14H20N6O. The van der Waals surface area contributed by atoms with E-state index in [2.05, 4.69) is 37.4 Å². The minimum atomic E-state index is -0.0198. The van der Waals surface area contributed by atoms with Gasteiger partial charge in [-0.3, -0.25) is 5.10 Å². The topological polar surface area (TPSA) is 88.6 Å². The van der Waals surface area contributed by atoms with Crippen molar-refractivity contribution in [2.24, 2.45) is 5.92 Å². The van der Waals surface area contributed by atoms with Crippen molar-refractivity contribution < 1.29 is 4.74 Å². The third kappa shape index (κ3) is 3.18. The highest BCUT2D eigenvalue weighted by molar-refractivity contribution is 5.36. The van der Waals surface area contributed by atoms with Crippen LogP contribution in [0.25, 0.3) is 0 Å². The SMILES string of the molecule is CCc1nc(C)cc(NC[C@@H]2CCO[C@@H]2c2ncn[nH]2)n1. The van der Waals surface area contributed by atoms with Crippen molar-refractivity contribution in [3.05, 3.63) is 29.7 Å². The first-order chi connectivity index (χ1) is 10.3. The maximum atomic E-state index is 5.76. The second-order valence-corrected chi connectivity index (χ2v) is 5.26. The lowest BCUT2D eigenvalue weighted by Gasteiger charge is -2.17. The fraction of sp³-hybridized carbons (Fsp3) is 0.571. The number of nitrogens with one attached hydrogen (secondary N) is 2. The van der Waals surface area contributed by atoms with E-state index in [9.17, 15) is 0 Å². The zero-order valence-electron chi connectivity index (χ0n) is 12.3. The molecule has 112 valence electrons. The van der Waals surface area contributed by atoms with Crippen LogP contribution in [0.1, 0.15) is 36.8 Å². The summed E-state index contributed by atoms with van der Waals surface area (Å²) < 4.78 is 5.76. The molecule has 3 heterocycles. The van der Waals surface area contributed by atoms with Gasteiger partial charge in [-0.1, -0.05) is 6.92 Å². The molecule has 0 saturated carbocycles. The molecule has 0 unspecified atom stereocenters. The summed E-state index contributed by atoms with van der Waals surface area (Å²) in [5, 5.41) is 10.2. The maximum Gasteiger partial charge on any atom is 0.153 e. The highest BCUT2D eigenvalue weighted by Gasteiger charge is 2.31. The monoisotopic (exact) mass is 288 g/mol. The lowest BCUT2D eigenvalue weighted by atomic mass is 10.0. The zero-order chi connectivity index (χ0) is 14.7. The highest BCUT2D eigenvalue weighted by Crippen LogP contribution is 2.32. The van der Waals surface area contributed by atoms with E-state index in [4.69, 9.17) is 4.74 Å². The van der Waals surface area contributed by atoms with Gasteiger partial charge in [0, 0.05) is 37.3 Å². The number of aryl methyl sites for hydroxylation is 2. The highest BCUT2D eigenvalue weighted by atomic mass is 16.5. The van der Waals surface area contributed by atoms with Gasteiger partial charge in [0.2, 0.25) is 0 Å². The van der Waals surface area contributed by atoms with Crippen LogP contribution < -0.4 is 5.32 Å². The molecule has 2 aromatic rings. The molecule has 7 nitrogen and oxygen atoms in total. The number of hydrogen-bond acceptors (Lipinski definition) is 6. The predicted molar refractivity (Wildman–Crippen MR) is 77.8 cm³/mol. The molecule has 1 saturated heterocycles. The van der Waals surface area contributed by atoms with E-state index in [0.717, 1.165) is 49.2 Å². The maximum absolute atomic E-state index is 5.76. The van der Waals surface area contributed by atoms with Gasteiger partial charge in [0.15, 0.2) is 5.82 Å². The lowest BCUT2D eigenvalue weighted by Crippen LogP contribution is -2.19. The fourth-order valence-electron chi connectivity index (χ4n) is 2.61. The van der Waals surface area contributed by atoms with E-state index < -0.39 is 0 Å². The van der Waals surface area contributed by atoms with Gasteiger partial charge in [0.25, 0.3) is 0 Å². The number of anilines is 1. The number of aromatic amines is 1. The molecule has 21 heavy (non-hydrogen) atoms. The first-order valence-electron chi connectivity index (χ1n) is 7.31. The van der Waals surface area contributed by atoms with Crippen molar-refractivity contribution in [1.82, 2.24) is 25.1 Å². The molecule has 0 aliphatic carbocycles. The molecule has 0 radical (unpaired) electrons. The molecule has 2 aromatic heterocycles. The Morgan fingerprint density at radius 3 is 3.10 bits per heavy atom. The molecular weight excluding hydrogens is 268 g/mol. The van der Waals surface area contributed by atoms with Crippen molar-refractivity contribution in [1.29, 1.82) is 0 Å². The van der Waals surface area contributed by atoms with Gasteiger partial charge in [-0.25, -0.2) is 15.0 Å². The van der Waals surface area contributed by atoms with Gasteiger partial charge >= 0.3 is 0 Å². The molecule has 3 rings (SSSR count). The zero-order valence-corrected chi connectivity index (χ0v) is 12.3. The van der Waals surface area contributed by atoms with E-state index in [1.54, 1.807) is 0 Å². The molecule has 2 atom stereocenters. The van der Waals surface area contributed by atoms with Crippen LogP contribution in [0.5, 0.6) is 0 Å². The first-order valence-corrected chi connectivity index (χ1v) is 7.31. The average molecular weight is 288 g/mol. The normalized spacial score (nSPS) is 21.6.